The number of hydrogen-bond acceptors (Lipinski definition) is 6. The summed E-state index contributed by atoms with van der Waals surface area (Å²) < 4.78 is 31.9. The van der Waals surface area contributed by atoms with Gasteiger partial charge in [0.05, 0.1) is 18.1 Å². The largest absolute Gasteiger partial charge is 0.379 e. The molecule has 8 heteroatoms. The minimum Gasteiger partial charge on any atom is -0.379 e. The highest BCUT2D eigenvalue weighted by Crippen LogP contribution is 2.18. The third-order valence-electron chi connectivity index (χ3n) is 2.97. The zero-order chi connectivity index (χ0) is 13.7. The third-order valence-corrected chi connectivity index (χ3v) is 5.51. The van der Waals surface area contributed by atoms with E-state index in [4.69, 9.17) is 10.5 Å². The lowest BCUT2D eigenvalue weighted by Gasteiger charge is -2.26. The average molecular weight is 305 g/mol. The summed E-state index contributed by atoms with van der Waals surface area (Å²) >= 11 is 1.37. The van der Waals surface area contributed by atoms with Crippen LogP contribution in [-0.2, 0) is 21.3 Å². The quantitative estimate of drug-likeness (QED) is 0.761. The first-order valence-corrected chi connectivity index (χ1v) is 8.55. The van der Waals surface area contributed by atoms with Gasteiger partial charge in [0.25, 0.3) is 0 Å². The average Bonchev–Trinajstić information content (AvgIpc) is 2.89. The van der Waals surface area contributed by atoms with Crippen molar-refractivity contribution in [3.63, 3.8) is 0 Å². The fraction of sp³-hybridized carbons (Fsp3) is 0.636. The van der Waals surface area contributed by atoms with E-state index in [1.54, 1.807) is 11.4 Å². The van der Waals surface area contributed by atoms with Gasteiger partial charge in [0.15, 0.2) is 0 Å². The second-order valence-corrected chi connectivity index (χ2v) is 7.07. The zero-order valence-corrected chi connectivity index (χ0v) is 12.3. The van der Waals surface area contributed by atoms with E-state index in [0.717, 1.165) is 31.2 Å². The van der Waals surface area contributed by atoms with Crippen LogP contribution in [0.4, 0.5) is 0 Å². The van der Waals surface area contributed by atoms with Gasteiger partial charge in [0.1, 0.15) is 0 Å². The molecule has 0 spiro atoms. The number of sulfonamides is 1. The van der Waals surface area contributed by atoms with Gasteiger partial charge < -0.3 is 10.5 Å². The Labute approximate surface area is 117 Å². The summed E-state index contributed by atoms with van der Waals surface area (Å²) in [6.45, 7) is 4.64. The first-order chi connectivity index (χ1) is 9.12. The van der Waals surface area contributed by atoms with Gasteiger partial charge in [-0.05, 0) is 6.07 Å². The molecule has 1 aromatic heterocycles. The number of hydrogen-bond donors (Lipinski definition) is 2. The van der Waals surface area contributed by atoms with Crippen molar-refractivity contribution in [3.05, 3.63) is 16.3 Å². The van der Waals surface area contributed by atoms with Crippen molar-refractivity contribution in [2.24, 2.45) is 5.73 Å². The maximum Gasteiger partial charge on any atom is 0.241 e. The van der Waals surface area contributed by atoms with Gasteiger partial charge in [-0.3, -0.25) is 4.90 Å². The van der Waals surface area contributed by atoms with Gasteiger partial charge in [-0.1, -0.05) is 0 Å². The lowest BCUT2D eigenvalue weighted by molar-refractivity contribution is 0.0390. The van der Waals surface area contributed by atoms with E-state index in [9.17, 15) is 8.42 Å². The van der Waals surface area contributed by atoms with Crippen LogP contribution in [0.5, 0.6) is 0 Å². The van der Waals surface area contributed by atoms with Crippen LogP contribution in [0, 0.1) is 0 Å². The van der Waals surface area contributed by atoms with E-state index in [1.807, 2.05) is 0 Å². The molecular formula is C11H19N3O3S2. The van der Waals surface area contributed by atoms with E-state index >= 15 is 0 Å². The van der Waals surface area contributed by atoms with Crippen LogP contribution in [0.1, 0.15) is 4.88 Å². The highest BCUT2D eigenvalue weighted by molar-refractivity contribution is 7.89. The van der Waals surface area contributed by atoms with Gasteiger partial charge in [-0.2, -0.15) is 0 Å². The van der Waals surface area contributed by atoms with Crippen LogP contribution in [0.2, 0.25) is 0 Å². The maximum absolute atomic E-state index is 12.0. The van der Waals surface area contributed by atoms with Crippen molar-refractivity contribution in [2.45, 2.75) is 11.4 Å². The predicted molar refractivity (Wildman–Crippen MR) is 74.7 cm³/mol. The summed E-state index contributed by atoms with van der Waals surface area (Å²) in [6.07, 6.45) is 0. The molecule has 0 bridgehead atoms. The molecule has 0 radical (unpaired) electrons. The SMILES string of the molecule is NCc1cc(S(=O)(=O)NCCN2CCOCC2)cs1. The number of rotatable bonds is 6. The smallest absolute Gasteiger partial charge is 0.241 e. The highest BCUT2D eigenvalue weighted by Gasteiger charge is 2.16. The summed E-state index contributed by atoms with van der Waals surface area (Å²) in [5.74, 6) is 0. The number of nitrogens with zero attached hydrogens (tertiary/aromatic N) is 1. The number of morpholine rings is 1. The normalized spacial score (nSPS) is 17.7. The molecule has 2 rings (SSSR count). The van der Waals surface area contributed by atoms with Gasteiger partial charge in [0, 0.05) is 43.0 Å². The fourth-order valence-electron chi connectivity index (χ4n) is 1.85. The standard InChI is InChI=1S/C11H19N3O3S2/c12-8-10-7-11(9-18-10)19(15,16)13-1-2-14-3-5-17-6-4-14/h7,9,13H,1-6,8,12H2. The van der Waals surface area contributed by atoms with E-state index in [0.29, 0.717) is 24.5 Å². The molecule has 19 heavy (non-hydrogen) atoms. The fourth-order valence-corrected chi connectivity index (χ4v) is 4.03. The molecule has 1 saturated heterocycles. The third kappa shape index (κ3) is 4.23. The Balaban J connectivity index is 1.83. The molecule has 6 nitrogen and oxygen atoms in total. The minimum absolute atomic E-state index is 0.305. The topological polar surface area (TPSA) is 84.7 Å². The number of nitrogens with two attached hydrogens (primary N) is 1. The molecule has 0 atom stereocenters. The molecule has 1 aliphatic heterocycles. The van der Waals surface area contributed by atoms with Crippen molar-refractivity contribution in [3.8, 4) is 0 Å². The molecule has 1 aromatic rings. The maximum atomic E-state index is 12.0. The van der Waals surface area contributed by atoms with Crippen molar-refractivity contribution < 1.29 is 13.2 Å². The molecule has 0 aliphatic carbocycles. The summed E-state index contributed by atoms with van der Waals surface area (Å²) in [5.41, 5.74) is 5.48. The Morgan fingerprint density at radius 1 is 1.42 bits per heavy atom. The van der Waals surface area contributed by atoms with Gasteiger partial charge in [0.2, 0.25) is 10.0 Å². The Bertz CT molecular complexity index is 495. The summed E-state index contributed by atoms with van der Waals surface area (Å²) in [5, 5.41) is 1.62. The molecule has 3 N–H and O–H groups in total. The Kier molecular flexibility index (Phi) is 5.31. The Morgan fingerprint density at radius 3 is 2.79 bits per heavy atom. The molecule has 0 unspecified atom stereocenters. The Hall–Kier alpha value is -0.510. The molecule has 1 fully saturated rings. The first kappa shape index (κ1) is 14.9. The van der Waals surface area contributed by atoms with Crippen LogP contribution in [0.25, 0.3) is 0 Å². The molecule has 108 valence electrons. The van der Waals surface area contributed by atoms with Crippen LogP contribution < -0.4 is 10.5 Å². The van der Waals surface area contributed by atoms with Gasteiger partial charge in [-0.15, -0.1) is 11.3 Å². The van der Waals surface area contributed by atoms with E-state index < -0.39 is 10.0 Å². The second kappa shape index (κ2) is 6.78. The highest BCUT2D eigenvalue weighted by atomic mass is 32.2. The number of nitrogens with one attached hydrogen (secondary N) is 1. The van der Waals surface area contributed by atoms with E-state index in [-0.39, 0.29) is 0 Å². The van der Waals surface area contributed by atoms with Crippen LogP contribution >= 0.6 is 11.3 Å². The van der Waals surface area contributed by atoms with Crippen LogP contribution in [0.15, 0.2) is 16.3 Å². The lowest BCUT2D eigenvalue weighted by Crippen LogP contribution is -2.41. The van der Waals surface area contributed by atoms with Gasteiger partial charge in [-0.25, -0.2) is 13.1 Å². The van der Waals surface area contributed by atoms with E-state index in [2.05, 4.69) is 9.62 Å². The summed E-state index contributed by atoms with van der Waals surface area (Å²) in [7, 11) is -3.40. The van der Waals surface area contributed by atoms with Crippen molar-refractivity contribution in [1.82, 2.24) is 9.62 Å². The lowest BCUT2D eigenvalue weighted by atomic mass is 10.4. The second-order valence-electron chi connectivity index (χ2n) is 4.30. The van der Waals surface area contributed by atoms with Crippen LogP contribution in [0.3, 0.4) is 0 Å². The zero-order valence-electron chi connectivity index (χ0n) is 10.7. The Morgan fingerprint density at radius 2 is 2.16 bits per heavy atom. The molecular weight excluding hydrogens is 286 g/mol. The monoisotopic (exact) mass is 305 g/mol. The van der Waals surface area contributed by atoms with Crippen molar-refractivity contribution in [2.75, 3.05) is 39.4 Å². The predicted octanol–water partition coefficient (Wildman–Crippen LogP) is -0.183. The number of ether oxygens (including phenoxy) is 1. The van der Waals surface area contributed by atoms with Crippen molar-refractivity contribution in [1.29, 1.82) is 0 Å². The number of thiophene rings is 1. The van der Waals surface area contributed by atoms with Gasteiger partial charge >= 0.3 is 0 Å². The molecule has 0 amide bonds. The molecule has 1 aliphatic rings. The van der Waals surface area contributed by atoms with E-state index in [1.165, 1.54) is 11.3 Å². The van der Waals surface area contributed by atoms with Crippen molar-refractivity contribution >= 4 is 21.4 Å². The molecule has 0 aromatic carbocycles. The summed E-state index contributed by atoms with van der Waals surface area (Å²) in [6, 6.07) is 1.63. The summed E-state index contributed by atoms with van der Waals surface area (Å²) in [4.78, 5) is 3.36. The minimum atomic E-state index is -3.40. The molecule has 0 saturated carbocycles. The molecule has 2 heterocycles. The van der Waals surface area contributed by atoms with Crippen LogP contribution in [-0.4, -0.2) is 52.7 Å². The first-order valence-electron chi connectivity index (χ1n) is 6.19.